The van der Waals surface area contributed by atoms with Gasteiger partial charge in [0.05, 0.1) is 0 Å². The van der Waals surface area contributed by atoms with Crippen molar-refractivity contribution in [2.75, 3.05) is 31.5 Å². The highest BCUT2D eigenvalue weighted by molar-refractivity contribution is 5.54. The van der Waals surface area contributed by atoms with Gasteiger partial charge in [0.2, 0.25) is 0 Å². The second-order valence-corrected chi connectivity index (χ2v) is 6.88. The number of rotatable bonds is 3. The summed E-state index contributed by atoms with van der Waals surface area (Å²) in [6.07, 6.45) is 4.07. The Bertz CT molecular complexity index is 433. The van der Waals surface area contributed by atoms with E-state index >= 15 is 0 Å². The van der Waals surface area contributed by atoms with E-state index in [4.69, 9.17) is 0 Å². The van der Waals surface area contributed by atoms with Gasteiger partial charge in [0.1, 0.15) is 0 Å². The average molecular weight is 272 g/mol. The summed E-state index contributed by atoms with van der Waals surface area (Å²) in [5, 5.41) is 3.53. The Balaban J connectivity index is 1.60. The SMILES string of the molecule is CC(C)C1CCN(CC2CCNc3ccccc32)CC1. The van der Waals surface area contributed by atoms with Gasteiger partial charge in [-0.3, -0.25) is 0 Å². The zero-order valence-corrected chi connectivity index (χ0v) is 12.9. The van der Waals surface area contributed by atoms with Crippen molar-refractivity contribution < 1.29 is 0 Å². The van der Waals surface area contributed by atoms with Crippen molar-refractivity contribution in [2.45, 2.75) is 39.0 Å². The Morgan fingerprint density at radius 3 is 2.65 bits per heavy atom. The molecule has 0 aromatic heterocycles. The average Bonchev–Trinajstić information content (AvgIpc) is 2.48. The summed E-state index contributed by atoms with van der Waals surface area (Å²) in [7, 11) is 0. The lowest BCUT2D eigenvalue weighted by Gasteiger charge is -2.37. The molecule has 110 valence electrons. The number of piperidine rings is 1. The summed E-state index contributed by atoms with van der Waals surface area (Å²) >= 11 is 0. The van der Waals surface area contributed by atoms with Crippen molar-refractivity contribution in [1.82, 2.24) is 4.90 Å². The van der Waals surface area contributed by atoms with Crippen molar-refractivity contribution in [1.29, 1.82) is 0 Å². The van der Waals surface area contributed by atoms with E-state index in [1.165, 1.54) is 50.1 Å². The fourth-order valence-corrected chi connectivity index (χ4v) is 3.85. The molecule has 1 aromatic carbocycles. The maximum absolute atomic E-state index is 3.53. The molecule has 1 N–H and O–H groups in total. The van der Waals surface area contributed by atoms with Gasteiger partial charge in [-0.15, -0.1) is 0 Å². The first kappa shape index (κ1) is 13.9. The van der Waals surface area contributed by atoms with Gasteiger partial charge in [0.15, 0.2) is 0 Å². The molecule has 0 aliphatic carbocycles. The standard InChI is InChI=1S/C18H28N2/c1-14(2)15-8-11-20(12-9-15)13-16-7-10-19-18-6-4-3-5-17(16)18/h3-6,14-16,19H,7-13H2,1-2H3. The second-order valence-electron chi connectivity index (χ2n) is 6.88. The third kappa shape index (κ3) is 3.01. The van der Waals surface area contributed by atoms with Crippen molar-refractivity contribution in [3.8, 4) is 0 Å². The number of fused-ring (bicyclic) bond motifs is 1. The molecule has 1 unspecified atom stereocenters. The predicted octanol–water partition coefficient (Wildman–Crippen LogP) is 3.95. The van der Waals surface area contributed by atoms with E-state index in [1.54, 1.807) is 0 Å². The van der Waals surface area contributed by atoms with Crippen LogP contribution in [0.3, 0.4) is 0 Å². The molecule has 2 heterocycles. The molecule has 1 saturated heterocycles. The lowest BCUT2D eigenvalue weighted by Crippen LogP contribution is -2.38. The molecule has 0 amide bonds. The molecule has 3 rings (SSSR count). The summed E-state index contributed by atoms with van der Waals surface area (Å²) in [6, 6.07) is 8.87. The van der Waals surface area contributed by atoms with Crippen molar-refractivity contribution >= 4 is 5.69 Å². The third-order valence-electron chi connectivity index (χ3n) is 5.26. The number of hydrogen-bond acceptors (Lipinski definition) is 2. The normalized spacial score (nSPS) is 24.4. The maximum Gasteiger partial charge on any atom is 0.0376 e. The fourth-order valence-electron chi connectivity index (χ4n) is 3.85. The van der Waals surface area contributed by atoms with E-state index in [2.05, 4.69) is 48.3 Å². The van der Waals surface area contributed by atoms with Crippen LogP contribution < -0.4 is 5.32 Å². The van der Waals surface area contributed by atoms with Gasteiger partial charge >= 0.3 is 0 Å². The Morgan fingerprint density at radius 1 is 1.15 bits per heavy atom. The van der Waals surface area contributed by atoms with E-state index in [-0.39, 0.29) is 0 Å². The van der Waals surface area contributed by atoms with Gasteiger partial charge in [-0.25, -0.2) is 0 Å². The molecule has 20 heavy (non-hydrogen) atoms. The smallest absolute Gasteiger partial charge is 0.0376 e. The first-order valence-electron chi connectivity index (χ1n) is 8.29. The monoisotopic (exact) mass is 272 g/mol. The zero-order chi connectivity index (χ0) is 13.9. The Kier molecular flexibility index (Phi) is 4.30. The number of nitrogens with zero attached hydrogens (tertiary/aromatic N) is 1. The van der Waals surface area contributed by atoms with Crippen LogP contribution >= 0.6 is 0 Å². The first-order chi connectivity index (χ1) is 9.74. The summed E-state index contributed by atoms with van der Waals surface area (Å²) in [5.74, 6) is 2.53. The summed E-state index contributed by atoms with van der Waals surface area (Å²) in [6.45, 7) is 9.74. The highest BCUT2D eigenvalue weighted by Crippen LogP contribution is 2.33. The largest absolute Gasteiger partial charge is 0.385 e. The second kappa shape index (κ2) is 6.17. The molecule has 2 nitrogen and oxygen atoms in total. The van der Waals surface area contributed by atoms with Crippen LogP contribution in [0.15, 0.2) is 24.3 Å². The van der Waals surface area contributed by atoms with E-state index in [1.807, 2.05) is 0 Å². The molecule has 1 fully saturated rings. The molecule has 1 atom stereocenters. The first-order valence-corrected chi connectivity index (χ1v) is 8.29. The third-order valence-corrected chi connectivity index (χ3v) is 5.26. The lowest BCUT2D eigenvalue weighted by atomic mass is 9.85. The summed E-state index contributed by atoms with van der Waals surface area (Å²) in [4.78, 5) is 2.70. The topological polar surface area (TPSA) is 15.3 Å². The van der Waals surface area contributed by atoms with Crippen molar-refractivity contribution in [3.05, 3.63) is 29.8 Å². The molecule has 2 aliphatic rings. The van der Waals surface area contributed by atoms with Gasteiger partial charge in [0, 0.05) is 24.7 Å². The van der Waals surface area contributed by atoms with Gasteiger partial charge in [-0.2, -0.15) is 0 Å². The minimum Gasteiger partial charge on any atom is -0.385 e. The van der Waals surface area contributed by atoms with Crippen LogP contribution in [-0.4, -0.2) is 31.1 Å². The van der Waals surface area contributed by atoms with Crippen LogP contribution in [0, 0.1) is 11.8 Å². The predicted molar refractivity (Wildman–Crippen MR) is 86.3 cm³/mol. The highest BCUT2D eigenvalue weighted by atomic mass is 15.1. The number of para-hydroxylation sites is 1. The van der Waals surface area contributed by atoms with Crippen LogP contribution in [0.25, 0.3) is 0 Å². The van der Waals surface area contributed by atoms with Crippen LogP contribution in [-0.2, 0) is 0 Å². The molecule has 0 radical (unpaired) electrons. The lowest BCUT2D eigenvalue weighted by molar-refractivity contribution is 0.149. The molecular weight excluding hydrogens is 244 g/mol. The fraction of sp³-hybridized carbons (Fsp3) is 0.667. The number of hydrogen-bond donors (Lipinski definition) is 1. The van der Waals surface area contributed by atoms with Crippen LogP contribution in [0.1, 0.15) is 44.6 Å². The molecule has 2 aliphatic heterocycles. The number of likely N-dealkylation sites (tertiary alicyclic amines) is 1. The van der Waals surface area contributed by atoms with Crippen LogP contribution in [0.2, 0.25) is 0 Å². The maximum atomic E-state index is 3.53. The number of anilines is 1. The van der Waals surface area contributed by atoms with E-state index in [9.17, 15) is 0 Å². The van der Waals surface area contributed by atoms with Crippen LogP contribution in [0.4, 0.5) is 5.69 Å². The number of benzene rings is 1. The Labute approximate surface area is 123 Å². The minimum atomic E-state index is 0.725. The molecule has 0 bridgehead atoms. The van der Waals surface area contributed by atoms with Gasteiger partial charge in [-0.05, 0) is 55.8 Å². The highest BCUT2D eigenvalue weighted by Gasteiger charge is 2.26. The van der Waals surface area contributed by atoms with E-state index in [0.29, 0.717) is 0 Å². The van der Waals surface area contributed by atoms with Gasteiger partial charge in [0.25, 0.3) is 0 Å². The molecule has 2 heteroatoms. The molecule has 0 spiro atoms. The Morgan fingerprint density at radius 2 is 1.90 bits per heavy atom. The molecule has 0 saturated carbocycles. The zero-order valence-electron chi connectivity index (χ0n) is 12.9. The molecular formula is C18H28N2. The van der Waals surface area contributed by atoms with Gasteiger partial charge in [-0.1, -0.05) is 32.0 Å². The summed E-state index contributed by atoms with van der Waals surface area (Å²) in [5.41, 5.74) is 2.89. The van der Waals surface area contributed by atoms with Crippen LogP contribution in [0.5, 0.6) is 0 Å². The molecule has 1 aromatic rings. The van der Waals surface area contributed by atoms with Crippen molar-refractivity contribution in [2.24, 2.45) is 11.8 Å². The summed E-state index contributed by atoms with van der Waals surface area (Å²) < 4.78 is 0. The quantitative estimate of drug-likeness (QED) is 0.896. The van der Waals surface area contributed by atoms with E-state index in [0.717, 1.165) is 24.3 Å². The van der Waals surface area contributed by atoms with Crippen molar-refractivity contribution in [3.63, 3.8) is 0 Å². The Hall–Kier alpha value is -1.02. The number of nitrogens with one attached hydrogen (secondary N) is 1. The minimum absolute atomic E-state index is 0.725. The van der Waals surface area contributed by atoms with E-state index < -0.39 is 0 Å². The van der Waals surface area contributed by atoms with Gasteiger partial charge < -0.3 is 10.2 Å².